The monoisotopic (exact) mass is 652 g/mol. The Morgan fingerprint density at radius 3 is 2.28 bits per heavy atom. The molecule has 1 heterocycles. The third kappa shape index (κ3) is 11.0. The maximum atomic E-state index is 12.0. The summed E-state index contributed by atoms with van der Waals surface area (Å²) >= 11 is 6.25. The molecule has 1 amide bonds. The van der Waals surface area contributed by atoms with Crippen LogP contribution in [0.5, 0.6) is 0 Å². The molecule has 252 valence electrons. The van der Waals surface area contributed by atoms with Gasteiger partial charge in [-0.05, 0) is 119 Å². The molecule has 0 bridgehead atoms. The van der Waals surface area contributed by atoms with Crippen LogP contribution in [0, 0.1) is 5.41 Å². The van der Waals surface area contributed by atoms with Crippen molar-refractivity contribution in [1.29, 1.82) is 0 Å². The van der Waals surface area contributed by atoms with Crippen molar-refractivity contribution < 1.29 is 19.1 Å². The molecule has 1 atom stereocenters. The molecule has 2 N–H and O–H groups in total. The minimum atomic E-state index is -0.476. The van der Waals surface area contributed by atoms with Gasteiger partial charge in [0.25, 0.3) is 0 Å². The summed E-state index contributed by atoms with van der Waals surface area (Å²) < 4.78 is 10.4. The van der Waals surface area contributed by atoms with Crippen molar-refractivity contribution in [3.8, 4) is 0 Å². The van der Waals surface area contributed by atoms with Crippen LogP contribution in [-0.4, -0.2) is 81.5 Å². The van der Waals surface area contributed by atoms with Crippen molar-refractivity contribution in [2.45, 2.75) is 72.3 Å². The van der Waals surface area contributed by atoms with Gasteiger partial charge in [0.2, 0.25) is 0 Å². The fraction of sp³-hybridized carbons (Fsp3) is 0.568. The highest BCUT2D eigenvalue weighted by Crippen LogP contribution is 2.43. The first-order chi connectivity index (χ1) is 21.9. The summed E-state index contributed by atoms with van der Waals surface area (Å²) in [6.07, 6.45) is 4.82. The van der Waals surface area contributed by atoms with Gasteiger partial charge in [-0.3, -0.25) is 4.90 Å². The van der Waals surface area contributed by atoms with Crippen molar-refractivity contribution in [3.05, 3.63) is 70.3 Å². The number of carbonyl (C=O) groups is 2. The Hall–Kier alpha value is -3.07. The van der Waals surface area contributed by atoms with Crippen molar-refractivity contribution in [1.82, 2.24) is 15.5 Å². The molecule has 0 aromatic heterocycles. The number of piperazine rings is 1. The molecule has 1 aliphatic heterocycles. The quantitative estimate of drug-likeness (QED) is 0.175. The molecule has 2 aliphatic rings. The van der Waals surface area contributed by atoms with Gasteiger partial charge in [-0.2, -0.15) is 0 Å². The zero-order chi connectivity index (χ0) is 33.2. The number of nitrogens with one attached hydrogen (secondary N) is 2. The lowest BCUT2D eigenvalue weighted by Gasteiger charge is -2.41. The van der Waals surface area contributed by atoms with Gasteiger partial charge >= 0.3 is 12.1 Å². The van der Waals surface area contributed by atoms with Crippen LogP contribution in [-0.2, 0) is 9.47 Å². The molecule has 1 saturated heterocycles. The minimum absolute atomic E-state index is 0.183. The van der Waals surface area contributed by atoms with Crippen LogP contribution in [0.2, 0.25) is 5.02 Å². The molecule has 0 spiro atoms. The second kappa shape index (κ2) is 16.7. The standard InChI is InChI=1S/C37H53ClN4O4/c1-6-45-34(43)29-11-15-32(16-12-29)42-23-21-41(22-24-42)26-30-25-37(5,18-17-33(30)28-9-13-31(38)14-10-28)27-39-19-7-8-20-40-35(44)46-36(2,3)4/h9-16,39H,6-8,17-27H2,1-5H3,(H,40,44). The second-order valence-corrected chi connectivity index (χ2v) is 14.4. The van der Waals surface area contributed by atoms with Gasteiger partial charge in [0, 0.05) is 56.5 Å². The van der Waals surface area contributed by atoms with Crippen LogP contribution in [0.4, 0.5) is 10.5 Å². The molecule has 2 aromatic rings. The molecule has 9 heteroatoms. The van der Waals surface area contributed by atoms with E-state index < -0.39 is 5.60 Å². The number of amides is 1. The lowest BCUT2D eigenvalue weighted by Crippen LogP contribution is -2.47. The summed E-state index contributed by atoms with van der Waals surface area (Å²) in [5.74, 6) is -0.272. The number of ether oxygens (including phenoxy) is 2. The van der Waals surface area contributed by atoms with Crippen LogP contribution >= 0.6 is 11.6 Å². The minimum Gasteiger partial charge on any atom is -0.462 e. The third-order valence-corrected chi connectivity index (χ3v) is 9.02. The summed E-state index contributed by atoms with van der Waals surface area (Å²) in [7, 11) is 0. The molecular weight excluding hydrogens is 600 g/mol. The van der Waals surface area contributed by atoms with E-state index in [1.54, 1.807) is 0 Å². The fourth-order valence-corrected chi connectivity index (χ4v) is 6.47. The van der Waals surface area contributed by atoms with E-state index >= 15 is 0 Å². The zero-order valence-corrected chi connectivity index (χ0v) is 29.2. The molecule has 1 aliphatic carbocycles. The second-order valence-electron chi connectivity index (χ2n) is 13.9. The normalized spacial score (nSPS) is 19.2. The summed E-state index contributed by atoms with van der Waals surface area (Å²) in [5.41, 5.74) is 5.74. The number of hydrogen-bond donors (Lipinski definition) is 2. The number of allylic oxidation sites excluding steroid dienone is 1. The van der Waals surface area contributed by atoms with E-state index in [9.17, 15) is 9.59 Å². The number of alkyl carbamates (subject to hydrolysis) is 1. The zero-order valence-electron chi connectivity index (χ0n) is 28.4. The topological polar surface area (TPSA) is 83.1 Å². The van der Waals surface area contributed by atoms with E-state index in [2.05, 4.69) is 39.5 Å². The first-order valence-corrected chi connectivity index (χ1v) is 17.2. The SMILES string of the molecule is CCOC(=O)c1ccc(N2CCN(CC3=C(c4ccc(Cl)cc4)CCC(C)(CNCCCCNC(=O)OC(C)(C)C)C3)CC2)cc1. The number of halogens is 1. The van der Waals surface area contributed by atoms with E-state index in [0.29, 0.717) is 18.7 Å². The van der Waals surface area contributed by atoms with Crippen LogP contribution in [0.3, 0.4) is 0 Å². The van der Waals surface area contributed by atoms with Crippen molar-refractivity contribution in [2.24, 2.45) is 5.41 Å². The first-order valence-electron chi connectivity index (χ1n) is 16.8. The number of nitrogens with zero attached hydrogens (tertiary/aromatic N) is 2. The average Bonchev–Trinajstić information content (AvgIpc) is 3.01. The number of anilines is 1. The lowest BCUT2D eigenvalue weighted by molar-refractivity contribution is 0.0516. The predicted molar refractivity (Wildman–Crippen MR) is 188 cm³/mol. The van der Waals surface area contributed by atoms with E-state index in [4.69, 9.17) is 21.1 Å². The number of hydrogen-bond acceptors (Lipinski definition) is 7. The third-order valence-electron chi connectivity index (χ3n) is 8.77. The molecule has 4 rings (SSSR count). The number of rotatable bonds is 13. The fourth-order valence-electron chi connectivity index (χ4n) is 6.34. The molecule has 1 unspecified atom stereocenters. The van der Waals surface area contributed by atoms with Gasteiger partial charge < -0.3 is 25.0 Å². The summed E-state index contributed by atoms with van der Waals surface area (Å²) in [5, 5.41) is 7.33. The van der Waals surface area contributed by atoms with Gasteiger partial charge in [0.15, 0.2) is 0 Å². The highest BCUT2D eigenvalue weighted by atomic mass is 35.5. The molecule has 46 heavy (non-hydrogen) atoms. The number of benzene rings is 2. The van der Waals surface area contributed by atoms with E-state index in [1.807, 2.05) is 64.1 Å². The molecular formula is C37H53ClN4O4. The van der Waals surface area contributed by atoms with E-state index in [-0.39, 0.29) is 17.5 Å². The summed E-state index contributed by atoms with van der Waals surface area (Å²) in [6, 6.07) is 16.1. The van der Waals surface area contributed by atoms with Gasteiger partial charge in [0.05, 0.1) is 12.2 Å². The van der Waals surface area contributed by atoms with Gasteiger partial charge in [-0.1, -0.05) is 36.2 Å². The van der Waals surface area contributed by atoms with Crippen LogP contribution < -0.4 is 15.5 Å². The maximum absolute atomic E-state index is 12.0. The molecule has 8 nitrogen and oxygen atoms in total. The Morgan fingerprint density at radius 2 is 1.63 bits per heavy atom. The summed E-state index contributed by atoms with van der Waals surface area (Å²) in [4.78, 5) is 28.9. The Morgan fingerprint density at radius 1 is 0.957 bits per heavy atom. The Bertz CT molecular complexity index is 1310. The Labute approximate surface area is 280 Å². The molecule has 0 radical (unpaired) electrons. The van der Waals surface area contributed by atoms with Crippen molar-refractivity contribution in [2.75, 3.05) is 63.9 Å². The number of unbranched alkanes of at least 4 members (excludes halogenated alkanes) is 1. The largest absolute Gasteiger partial charge is 0.462 e. The van der Waals surface area contributed by atoms with E-state index in [0.717, 1.165) is 88.6 Å². The Kier molecular flexibility index (Phi) is 13.0. The molecule has 0 saturated carbocycles. The van der Waals surface area contributed by atoms with E-state index in [1.165, 1.54) is 16.7 Å². The van der Waals surface area contributed by atoms with Crippen molar-refractivity contribution in [3.63, 3.8) is 0 Å². The Balaban J connectivity index is 1.30. The number of carbonyl (C=O) groups excluding carboxylic acids is 2. The smallest absolute Gasteiger partial charge is 0.407 e. The maximum Gasteiger partial charge on any atom is 0.407 e. The molecule has 2 aromatic carbocycles. The van der Waals surface area contributed by atoms with Crippen LogP contribution in [0.1, 0.15) is 82.6 Å². The lowest BCUT2D eigenvalue weighted by atomic mass is 9.71. The van der Waals surface area contributed by atoms with Gasteiger partial charge in [0.1, 0.15) is 5.60 Å². The predicted octanol–water partition coefficient (Wildman–Crippen LogP) is 7.18. The summed E-state index contributed by atoms with van der Waals surface area (Å²) in [6.45, 7) is 17.6. The van der Waals surface area contributed by atoms with Gasteiger partial charge in [-0.15, -0.1) is 0 Å². The van der Waals surface area contributed by atoms with Crippen LogP contribution in [0.25, 0.3) is 5.57 Å². The number of esters is 1. The first kappa shape index (κ1) is 35.8. The van der Waals surface area contributed by atoms with Crippen molar-refractivity contribution >= 4 is 34.9 Å². The highest BCUT2D eigenvalue weighted by molar-refractivity contribution is 6.30. The van der Waals surface area contributed by atoms with Gasteiger partial charge in [-0.25, -0.2) is 9.59 Å². The van der Waals surface area contributed by atoms with Crippen LogP contribution in [0.15, 0.2) is 54.1 Å². The molecule has 1 fully saturated rings. The average molecular weight is 653 g/mol. The highest BCUT2D eigenvalue weighted by Gasteiger charge is 2.32.